The van der Waals surface area contributed by atoms with Crippen LogP contribution < -0.4 is 0 Å². The fourth-order valence-corrected chi connectivity index (χ4v) is 2.30. The zero-order valence-corrected chi connectivity index (χ0v) is 6.27. The minimum atomic E-state index is -2.34. The Bertz CT molecular complexity index is 163. The second kappa shape index (κ2) is 1.54. The minimum absolute atomic E-state index is 0.250. The number of fused-ring (bicyclic) bond motifs is 1. The molecule has 4 atom stereocenters. The van der Waals surface area contributed by atoms with Gasteiger partial charge in [0.2, 0.25) is 0 Å². The van der Waals surface area contributed by atoms with Gasteiger partial charge in [-0.25, -0.2) is 8.78 Å². The maximum atomic E-state index is 13.0. The molecule has 0 spiro atoms. The second-order valence-electron chi connectivity index (χ2n) is 3.83. The highest BCUT2D eigenvalue weighted by molar-refractivity contribution is 5.09. The van der Waals surface area contributed by atoms with Crippen molar-refractivity contribution in [2.45, 2.75) is 26.2 Å². The minimum Gasteiger partial charge on any atom is -0.206 e. The molecule has 2 fully saturated rings. The predicted molar refractivity (Wildman–Crippen MR) is 34.9 cm³/mol. The zero-order chi connectivity index (χ0) is 7.52. The summed E-state index contributed by atoms with van der Waals surface area (Å²) in [5.41, 5.74) is 0. The molecule has 3 unspecified atom stereocenters. The first kappa shape index (κ1) is 6.56. The van der Waals surface area contributed by atoms with E-state index in [2.05, 4.69) is 0 Å². The Balaban J connectivity index is 2.24. The summed E-state index contributed by atoms with van der Waals surface area (Å²) in [5, 5.41) is 0. The molecule has 0 bridgehead atoms. The van der Waals surface area contributed by atoms with Crippen molar-refractivity contribution in [3.8, 4) is 0 Å². The van der Waals surface area contributed by atoms with Crippen LogP contribution in [0.5, 0.6) is 0 Å². The normalized spacial score (nSPS) is 56.4. The van der Waals surface area contributed by atoms with Crippen molar-refractivity contribution in [1.82, 2.24) is 0 Å². The molecule has 0 saturated heterocycles. The standard InChI is InChI=1S/C8H12F2/c1-4-5(2)8(9,10)7-3-6(4)7/h4-7H,3H2,1-2H3/t4-,5?,6?,7?/m0/s1. The monoisotopic (exact) mass is 146 g/mol. The number of hydrogen-bond donors (Lipinski definition) is 0. The topological polar surface area (TPSA) is 0 Å². The van der Waals surface area contributed by atoms with Gasteiger partial charge in [0.05, 0.1) is 0 Å². The van der Waals surface area contributed by atoms with Gasteiger partial charge in [0, 0.05) is 11.8 Å². The van der Waals surface area contributed by atoms with Gasteiger partial charge in [0.15, 0.2) is 0 Å². The average molecular weight is 146 g/mol. The van der Waals surface area contributed by atoms with Crippen molar-refractivity contribution in [3.63, 3.8) is 0 Å². The maximum absolute atomic E-state index is 13.0. The molecular formula is C8H12F2. The number of hydrogen-bond acceptors (Lipinski definition) is 0. The van der Waals surface area contributed by atoms with Crippen LogP contribution >= 0.6 is 0 Å². The number of alkyl halides is 2. The molecule has 58 valence electrons. The van der Waals surface area contributed by atoms with Gasteiger partial charge in [-0.2, -0.15) is 0 Å². The van der Waals surface area contributed by atoms with Gasteiger partial charge in [-0.1, -0.05) is 13.8 Å². The van der Waals surface area contributed by atoms with E-state index >= 15 is 0 Å². The lowest BCUT2D eigenvalue weighted by atomic mass is 9.93. The highest BCUT2D eigenvalue weighted by atomic mass is 19.3. The third-order valence-corrected chi connectivity index (χ3v) is 3.41. The molecule has 0 aromatic heterocycles. The van der Waals surface area contributed by atoms with Crippen LogP contribution in [-0.2, 0) is 0 Å². The summed E-state index contributed by atoms with van der Waals surface area (Å²) in [6, 6.07) is 0. The first-order valence-corrected chi connectivity index (χ1v) is 3.93. The summed E-state index contributed by atoms with van der Waals surface area (Å²) in [6.07, 6.45) is 0.776. The Kier molecular flexibility index (Phi) is 1.01. The molecule has 2 aliphatic rings. The zero-order valence-electron chi connectivity index (χ0n) is 6.27. The van der Waals surface area contributed by atoms with Crippen LogP contribution in [0.1, 0.15) is 20.3 Å². The molecule has 0 radical (unpaired) electrons. The van der Waals surface area contributed by atoms with Crippen LogP contribution in [0.3, 0.4) is 0 Å². The van der Waals surface area contributed by atoms with Gasteiger partial charge in [-0.3, -0.25) is 0 Å². The first-order valence-electron chi connectivity index (χ1n) is 3.93. The third kappa shape index (κ3) is 0.553. The molecular weight excluding hydrogens is 134 g/mol. The number of rotatable bonds is 0. The fraction of sp³-hybridized carbons (Fsp3) is 1.00. The molecule has 0 aromatic rings. The summed E-state index contributed by atoms with van der Waals surface area (Å²) < 4.78 is 26.0. The Labute approximate surface area is 59.6 Å². The van der Waals surface area contributed by atoms with E-state index in [1.54, 1.807) is 6.92 Å². The van der Waals surface area contributed by atoms with Crippen molar-refractivity contribution in [1.29, 1.82) is 0 Å². The Hall–Kier alpha value is -0.140. The van der Waals surface area contributed by atoms with Gasteiger partial charge in [0.1, 0.15) is 0 Å². The quantitative estimate of drug-likeness (QED) is 0.492. The van der Waals surface area contributed by atoms with E-state index in [4.69, 9.17) is 0 Å². The summed E-state index contributed by atoms with van der Waals surface area (Å²) in [7, 11) is 0. The van der Waals surface area contributed by atoms with Crippen LogP contribution in [0.15, 0.2) is 0 Å². The average Bonchev–Trinajstić information content (AvgIpc) is 2.58. The Morgan fingerprint density at radius 1 is 1.30 bits per heavy atom. The van der Waals surface area contributed by atoms with Crippen molar-refractivity contribution >= 4 is 0 Å². The first-order chi connectivity index (χ1) is 4.55. The Morgan fingerprint density at radius 2 is 1.90 bits per heavy atom. The van der Waals surface area contributed by atoms with Crippen LogP contribution in [0.2, 0.25) is 0 Å². The lowest BCUT2D eigenvalue weighted by Crippen LogP contribution is -2.26. The van der Waals surface area contributed by atoms with Crippen molar-refractivity contribution in [3.05, 3.63) is 0 Å². The van der Waals surface area contributed by atoms with Gasteiger partial charge in [-0.15, -0.1) is 0 Å². The van der Waals surface area contributed by atoms with Gasteiger partial charge in [-0.05, 0) is 18.3 Å². The number of halogens is 2. The Morgan fingerprint density at radius 3 is 2.10 bits per heavy atom. The van der Waals surface area contributed by atoms with E-state index in [1.807, 2.05) is 6.92 Å². The predicted octanol–water partition coefficient (Wildman–Crippen LogP) is 2.54. The van der Waals surface area contributed by atoms with E-state index in [-0.39, 0.29) is 17.8 Å². The molecule has 2 heteroatoms. The van der Waals surface area contributed by atoms with E-state index < -0.39 is 5.92 Å². The van der Waals surface area contributed by atoms with E-state index in [9.17, 15) is 8.78 Å². The van der Waals surface area contributed by atoms with Crippen LogP contribution in [0.4, 0.5) is 8.78 Å². The molecule has 2 aliphatic carbocycles. The molecule has 0 nitrogen and oxygen atoms in total. The van der Waals surface area contributed by atoms with Gasteiger partial charge in [0.25, 0.3) is 5.92 Å². The fourth-order valence-electron chi connectivity index (χ4n) is 2.30. The van der Waals surface area contributed by atoms with Crippen molar-refractivity contribution < 1.29 is 8.78 Å². The van der Waals surface area contributed by atoms with Crippen LogP contribution in [0, 0.1) is 23.7 Å². The summed E-state index contributed by atoms with van der Waals surface area (Å²) in [6.45, 7) is 3.63. The lowest BCUT2D eigenvalue weighted by molar-refractivity contribution is -0.0621. The van der Waals surface area contributed by atoms with Crippen LogP contribution in [-0.4, -0.2) is 5.92 Å². The maximum Gasteiger partial charge on any atom is 0.253 e. The van der Waals surface area contributed by atoms with Gasteiger partial charge < -0.3 is 0 Å². The molecule has 2 saturated carbocycles. The summed E-state index contributed by atoms with van der Waals surface area (Å²) in [5.74, 6) is -2.37. The van der Waals surface area contributed by atoms with Gasteiger partial charge >= 0.3 is 0 Å². The van der Waals surface area contributed by atoms with Crippen molar-refractivity contribution in [2.75, 3.05) is 0 Å². The smallest absolute Gasteiger partial charge is 0.206 e. The molecule has 0 heterocycles. The molecule has 10 heavy (non-hydrogen) atoms. The molecule has 0 N–H and O–H groups in total. The lowest BCUT2D eigenvalue weighted by Gasteiger charge is -2.21. The van der Waals surface area contributed by atoms with E-state index in [0.29, 0.717) is 5.92 Å². The molecule has 0 aromatic carbocycles. The molecule has 0 amide bonds. The molecule has 2 rings (SSSR count). The van der Waals surface area contributed by atoms with Crippen molar-refractivity contribution in [2.24, 2.45) is 23.7 Å². The second-order valence-corrected chi connectivity index (χ2v) is 3.83. The third-order valence-electron chi connectivity index (χ3n) is 3.41. The summed E-state index contributed by atoms with van der Waals surface area (Å²) in [4.78, 5) is 0. The summed E-state index contributed by atoms with van der Waals surface area (Å²) >= 11 is 0. The molecule has 0 aliphatic heterocycles. The van der Waals surface area contributed by atoms with E-state index in [0.717, 1.165) is 6.42 Å². The highest BCUT2D eigenvalue weighted by Gasteiger charge is 2.67. The van der Waals surface area contributed by atoms with E-state index in [1.165, 1.54) is 0 Å². The SMILES string of the molecule is CC1[C@H](C)C2CC2C1(F)F. The highest BCUT2D eigenvalue weighted by Crippen LogP contribution is 2.65. The largest absolute Gasteiger partial charge is 0.253 e. The van der Waals surface area contributed by atoms with Crippen LogP contribution in [0.25, 0.3) is 0 Å².